The highest BCUT2D eigenvalue weighted by Crippen LogP contribution is 2.27. The minimum absolute atomic E-state index is 0.139. The fourth-order valence-corrected chi connectivity index (χ4v) is 0.786. The van der Waals surface area contributed by atoms with Gasteiger partial charge >= 0.3 is 17.9 Å². The molecule has 0 radical (unpaired) electrons. The van der Waals surface area contributed by atoms with Crippen LogP contribution in [0.3, 0.4) is 0 Å². The SMILES string of the molecule is CC(C)(C)C(N)c1noc(=O)[nH]1.O=C(O)C(F)(F)F. The lowest BCUT2D eigenvalue weighted by molar-refractivity contribution is -0.192. The number of carbonyl (C=O) groups is 1. The van der Waals surface area contributed by atoms with Crippen molar-refractivity contribution in [2.45, 2.75) is 33.0 Å². The first-order chi connectivity index (χ1) is 8.35. The quantitative estimate of drug-likeness (QED) is 0.708. The molecule has 1 rings (SSSR count). The normalized spacial score (nSPS) is 13.4. The van der Waals surface area contributed by atoms with Gasteiger partial charge in [0.2, 0.25) is 0 Å². The van der Waals surface area contributed by atoms with Crippen molar-refractivity contribution in [1.29, 1.82) is 0 Å². The Bertz CT molecular complexity index is 472. The van der Waals surface area contributed by atoms with Gasteiger partial charge in [-0.2, -0.15) is 13.2 Å². The van der Waals surface area contributed by atoms with E-state index < -0.39 is 17.9 Å². The molecule has 1 aromatic rings. The van der Waals surface area contributed by atoms with Crippen LogP contribution in [0.2, 0.25) is 0 Å². The Morgan fingerprint density at radius 1 is 1.42 bits per heavy atom. The van der Waals surface area contributed by atoms with Crippen molar-refractivity contribution in [2.75, 3.05) is 0 Å². The summed E-state index contributed by atoms with van der Waals surface area (Å²) >= 11 is 0. The number of nitrogens with one attached hydrogen (secondary N) is 1. The summed E-state index contributed by atoms with van der Waals surface area (Å²) in [4.78, 5) is 21.9. The first kappa shape index (κ1) is 17.2. The number of carboxylic acids is 1. The Kier molecular flexibility index (Phi) is 5.30. The van der Waals surface area contributed by atoms with E-state index in [9.17, 15) is 18.0 Å². The standard InChI is InChI=1S/C7H13N3O2.C2HF3O2/c1-7(2,3)4(8)5-9-6(11)12-10-5;3-2(4,5)1(6)7/h4H,8H2,1-3H3,(H,9,10,11);(H,6,7). The molecule has 1 heterocycles. The van der Waals surface area contributed by atoms with E-state index in [1.165, 1.54) is 0 Å². The van der Waals surface area contributed by atoms with Crippen LogP contribution in [0.25, 0.3) is 0 Å². The molecule has 19 heavy (non-hydrogen) atoms. The largest absolute Gasteiger partial charge is 0.490 e. The van der Waals surface area contributed by atoms with E-state index in [-0.39, 0.29) is 11.5 Å². The van der Waals surface area contributed by atoms with Crippen LogP contribution < -0.4 is 11.5 Å². The van der Waals surface area contributed by atoms with Crippen LogP contribution in [-0.2, 0) is 4.79 Å². The summed E-state index contributed by atoms with van der Waals surface area (Å²) in [6.45, 7) is 5.89. The summed E-state index contributed by atoms with van der Waals surface area (Å²) in [5.74, 6) is -2.93. The van der Waals surface area contributed by atoms with Gasteiger partial charge in [0.05, 0.1) is 6.04 Å². The molecule has 0 aliphatic carbocycles. The van der Waals surface area contributed by atoms with E-state index in [4.69, 9.17) is 15.6 Å². The van der Waals surface area contributed by atoms with Gasteiger partial charge in [0, 0.05) is 0 Å². The maximum Gasteiger partial charge on any atom is 0.490 e. The second kappa shape index (κ2) is 5.87. The van der Waals surface area contributed by atoms with Gasteiger partial charge in [-0.25, -0.2) is 9.59 Å². The number of nitrogens with zero attached hydrogens (tertiary/aromatic N) is 1. The van der Waals surface area contributed by atoms with Crippen molar-refractivity contribution in [3.8, 4) is 0 Å². The first-order valence-corrected chi connectivity index (χ1v) is 4.97. The predicted molar refractivity (Wildman–Crippen MR) is 57.2 cm³/mol. The Balaban J connectivity index is 0.000000399. The number of alkyl halides is 3. The number of aliphatic carboxylic acids is 1. The molecule has 1 unspecified atom stereocenters. The minimum Gasteiger partial charge on any atom is -0.475 e. The molecule has 0 amide bonds. The van der Waals surface area contributed by atoms with E-state index in [0.717, 1.165) is 0 Å². The van der Waals surface area contributed by atoms with Gasteiger partial charge in [-0.15, -0.1) is 0 Å². The van der Waals surface area contributed by atoms with Crippen LogP contribution in [0.1, 0.15) is 32.6 Å². The summed E-state index contributed by atoms with van der Waals surface area (Å²) < 4.78 is 36.1. The van der Waals surface area contributed by atoms with Crippen LogP contribution in [0.5, 0.6) is 0 Å². The monoisotopic (exact) mass is 285 g/mol. The third-order valence-corrected chi connectivity index (χ3v) is 1.93. The zero-order chi connectivity index (χ0) is 15.4. The third-order valence-electron chi connectivity index (χ3n) is 1.93. The molecule has 0 fully saturated rings. The lowest BCUT2D eigenvalue weighted by Gasteiger charge is -2.23. The summed E-state index contributed by atoms with van der Waals surface area (Å²) in [6.07, 6.45) is -5.08. The second-order valence-electron chi connectivity index (χ2n) is 4.63. The Morgan fingerprint density at radius 3 is 2.05 bits per heavy atom. The van der Waals surface area contributed by atoms with Crippen molar-refractivity contribution in [1.82, 2.24) is 10.1 Å². The predicted octanol–water partition coefficient (Wildman–Crippen LogP) is 1.04. The molecule has 0 aromatic carbocycles. The molecule has 4 N–H and O–H groups in total. The van der Waals surface area contributed by atoms with Crippen LogP contribution in [0.4, 0.5) is 13.2 Å². The zero-order valence-electron chi connectivity index (χ0n) is 10.4. The maximum absolute atomic E-state index is 10.6. The number of halogens is 3. The topological polar surface area (TPSA) is 122 Å². The van der Waals surface area contributed by atoms with Crippen molar-refractivity contribution in [3.05, 3.63) is 16.4 Å². The van der Waals surface area contributed by atoms with Crippen molar-refractivity contribution in [2.24, 2.45) is 11.1 Å². The van der Waals surface area contributed by atoms with Gasteiger partial charge in [0.25, 0.3) is 0 Å². The first-order valence-electron chi connectivity index (χ1n) is 4.97. The third kappa shape index (κ3) is 6.04. The van der Waals surface area contributed by atoms with E-state index in [2.05, 4.69) is 14.7 Å². The summed E-state index contributed by atoms with van der Waals surface area (Å²) in [7, 11) is 0. The number of aromatic nitrogens is 2. The smallest absolute Gasteiger partial charge is 0.475 e. The highest BCUT2D eigenvalue weighted by molar-refractivity contribution is 5.73. The van der Waals surface area contributed by atoms with Gasteiger partial charge in [0.15, 0.2) is 5.82 Å². The summed E-state index contributed by atoms with van der Waals surface area (Å²) in [5.41, 5.74) is 5.65. The van der Waals surface area contributed by atoms with Gasteiger partial charge in [0.1, 0.15) is 0 Å². The van der Waals surface area contributed by atoms with E-state index in [0.29, 0.717) is 5.82 Å². The zero-order valence-corrected chi connectivity index (χ0v) is 10.4. The van der Waals surface area contributed by atoms with Gasteiger partial charge in [-0.3, -0.25) is 9.51 Å². The van der Waals surface area contributed by atoms with Crippen LogP contribution in [0.15, 0.2) is 9.32 Å². The van der Waals surface area contributed by atoms with Crippen LogP contribution >= 0.6 is 0 Å². The van der Waals surface area contributed by atoms with E-state index >= 15 is 0 Å². The van der Waals surface area contributed by atoms with Crippen LogP contribution in [-0.4, -0.2) is 27.4 Å². The number of hydrogen-bond acceptors (Lipinski definition) is 5. The van der Waals surface area contributed by atoms with E-state index in [1.54, 1.807) is 0 Å². The Morgan fingerprint density at radius 2 is 1.84 bits per heavy atom. The lowest BCUT2D eigenvalue weighted by atomic mass is 9.87. The molecule has 1 atom stereocenters. The van der Waals surface area contributed by atoms with Crippen molar-refractivity contribution < 1.29 is 27.6 Å². The average molecular weight is 285 g/mol. The number of H-pyrrole nitrogens is 1. The second-order valence-corrected chi connectivity index (χ2v) is 4.63. The van der Waals surface area contributed by atoms with Gasteiger partial charge < -0.3 is 10.8 Å². The highest BCUT2D eigenvalue weighted by Gasteiger charge is 2.38. The fourth-order valence-electron chi connectivity index (χ4n) is 0.786. The average Bonchev–Trinajstić information content (AvgIpc) is 2.61. The summed E-state index contributed by atoms with van der Waals surface area (Å²) in [6, 6.07) is -0.316. The van der Waals surface area contributed by atoms with Gasteiger partial charge in [-0.05, 0) is 5.41 Å². The molecule has 110 valence electrons. The molecular formula is C9H14F3N3O4. The molecule has 7 nitrogen and oxygen atoms in total. The van der Waals surface area contributed by atoms with Gasteiger partial charge in [-0.1, -0.05) is 25.9 Å². The number of rotatable bonds is 1. The Labute approximate surface area is 105 Å². The molecule has 0 aliphatic rings. The number of nitrogens with two attached hydrogens (primary N) is 1. The highest BCUT2D eigenvalue weighted by atomic mass is 19.4. The number of carboxylic acid groups (broad SMARTS) is 1. The fraction of sp³-hybridized carbons (Fsp3) is 0.667. The minimum atomic E-state index is -5.08. The van der Waals surface area contributed by atoms with Crippen molar-refractivity contribution >= 4 is 5.97 Å². The molecule has 0 bridgehead atoms. The molecule has 1 aromatic heterocycles. The van der Waals surface area contributed by atoms with Crippen LogP contribution in [0, 0.1) is 5.41 Å². The molecule has 0 aliphatic heterocycles. The molecule has 0 spiro atoms. The molecule has 10 heteroatoms. The lowest BCUT2D eigenvalue weighted by Crippen LogP contribution is -2.27. The van der Waals surface area contributed by atoms with E-state index in [1.807, 2.05) is 20.8 Å². The molecular weight excluding hydrogens is 271 g/mol. The van der Waals surface area contributed by atoms with Crippen molar-refractivity contribution in [3.63, 3.8) is 0 Å². The summed E-state index contributed by atoms with van der Waals surface area (Å²) in [5, 5.41) is 10.6. The molecule has 0 saturated heterocycles. The number of aromatic amines is 1. The maximum atomic E-state index is 10.6. The molecule has 0 saturated carbocycles. The Hall–Kier alpha value is -1.84. The number of hydrogen-bond donors (Lipinski definition) is 3.